The smallest absolute Gasteiger partial charge is 0.410 e. The highest BCUT2D eigenvalue weighted by molar-refractivity contribution is 5.69. The second kappa shape index (κ2) is 4.87. The topological polar surface area (TPSA) is 47.4 Å². The molecule has 1 amide bonds. The van der Waals surface area contributed by atoms with Crippen LogP contribution in [0.15, 0.2) is 6.20 Å². The number of carbonyl (C=O) groups is 1. The normalized spacial score (nSPS) is 19.8. The van der Waals surface area contributed by atoms with Gasteiger partial charge in [-0.2, -0.15) is 5.10 Å². The van der Waals surface area contributed by atoms with E-state index in [2.05, 4.69) is 5.10 Å². The van der Waals surface area contributed by atoms with E-state index in [1.54, 1.807) is 4.68 Å². The first-order valence-electron chi connectivity index (χ1n) is 6.78. The second-order valence-electron chi connectivity index (χ2n) is 6.18. The molecule has 1 aliphatic heterocycles. The van der Waals surface area contributed by atoms with Crippen LogP contribution in [0.1, 0.15) is 50.9 Å². The van der Waals surface area contributed by atoms with Gasteiger partial charge in [-0.05, 0) is 40.5 Å². The molecule has 0 spiro atoms. The third-order valence-electron chi connectivity index (χ3n) is 3.29. The molecular formula is C14H23N3O2. The molecule has 0 unspecified atom stereocenters. The van der Waals surface area contributed by atoms with E-state index < -0.39 is 5.60 Å². The number of aryl methyl sites for hydroxylation is 2. The van der Waals surface area contributed by atoms with Gasteiger partial charge >= 0.3 is 6.09 Å². The van der Waals surface area contributed by atoms with Crippen molar-refractivity contribution in [3.63, 3.8) is 0 Å². The zero-order chi connectivity index (χ0) is 14.2. The lowest BCUT2D eigenvalue weighted by atomic mass is 10.1. The predicted molar refractivity (Wildman–Crippen MR) is 72.9 cm³/mol. The number of hydrogen-bond donors (Lipinski definition) is 0. The van der Waals surface area contributed by atoms with Crippen molar-refractivity contribution in [2.24, 2.45) is 7.05 Å². The Hall–Kier alpha value is -1.52. The van der Waals surface area contributed by atoms with Gasteiger partial charge in [-0.25, -0.2) is 4.79 Å². The third kappa shape index (κ3) is 3.08. The summed E-state index contributed by atoms with van der Waals surface area (Å²) in [5.74, 6) is 0. The minimum absolute atomic E-state index is 0.101. The highest BCUT2D eigenvalue weighted by atomic mass is 16.6. The number of ether oxygens (including phenoxy) is 1. The number of nitrogens with zero attached hydrogens (tertiary/aromatic N) is 3. The number of likely N-dealkylation sites (tertiary alicyclic amines) is 1. The lowest BCUT2D eigenvalue weighted by Crippen LogP contribution is -2.36. The Morgan fingerprint density at radius 1 is 1.47 bits per heavy atom. The van der Waals surface area contributed by atoms with Crippen LogP contribution in [-0.2, 0) is 11.8 Å². The molecule has 1 aromatic heterocycles. The molecule has 1 aromatic rings. The van der Waals surface area contributed by atoms with Crippen LogP contribution in [0.2, 0.25) is 0 Å². The van der Waals surface area contributed by atoms with E-state index in [-0.39, 0.29) is 12.1 Å². The van der Waals surface area contributed by atoms with Crippen LogP contribution in [0.4, 0.5) is 4.79 Å². The summed E-state index contributed by atoms with van der Waals surface area (Å²) in [6, 6.07) is 0.101. The molecule has 2 heterocycles. The van der Waals surface area contributed by atoms with E-state index >= 15 is 0 Å². The number of hydrogen-bond acceptors (Lipinski definition) is 3. The molecule has 0 radical (unpaired) electrons. The van der Waals surface area contributed by atoms with Crippen molar-refractivity contribution in [3.8, 4) is 0 Å². The average molecular weight is 265 g/mol. The Bertz CT molecular complexity index is 474. The molecule has 1 fully saturated rings. The van der Waals surface area contributed by atoms with Gasteiger partial charge < -0.3 is 9.64 Å². The molecule has 106 valence electrons. The molecule has 1 atom stereocenters. The van der Waals surface area contributed by atoms with Crippen molar-refractivity contribution < 1.29 is 9.53 Å². The van der Waals surface area contributed by atoms with Crippen molar-refractivity contribution in [1.29, 1.82) is 0 Å². The van der Waals surface area contributed by atoms with Crippen LogP contribution in [0, 0.1) is 6.92 Å². The molecule has 0 aliphatic carbocycles. The van der Waals surface area contributed by atoms with Crippen LogP contribution < -0.4 is 0 Å². The van der Waals surface area contributed by atoms with E-state index in [1.165, 1.54) is 0 Å². The monoisotopic (exact) mass is 265 g/mol. The van der Waals surface area contributed by atoms with Crippen LogP contribution in [0.5, 0.6) is 0 Å². The standard InChI is InChI=1S/C14H23N3O2/c1-10-11(9-16(5)15-10)12-7-6-8-17(12)13(18)19-14(2,3)4/h9,12H,6-8H2,1-5H3/t12-/m1/s1. The molecule has 0 aromatic carbocycles. The quantitative estimate of drug-likeness (QED) is 0.784. The van der Waals surface area contributed by atoms with Crippen molar-refractivity contribution in [1.82, 2.24) is 14.7 Å². The van der Waals surface area contributed by atoms with E-state index in [1.807, 2.05) is 45.8 Å². The summed E-state index contributed by atoms with van der Waals surface area (Å²) in [5.41, 5.74) is 1.67. The van der Waals surface area contributed by atoms with Gasteiger partial charge in [0.1, 0.15) is 5.60 Å². The predicted octanol–water partition coefficient (Wildman–Crippen LogP) is 2.80. The first-order chi connectivity index (χ1) is 8.78. The highest BCUT2D eigenvalue weighted by Gasteiger charge is 2.34. The van der Waals surface area contributed by atoms with Gasteiger partial charge in [-0.15, -0.1) is 0 Å². The van der Waals surface area contributed by atoms with Gasteiger partial charge in [-0.1, -0.05) is 0 Å². The number of aromatic nitrogens is 2. The summed E-state index contributed by atoms with van der Waals surface area (Å²) in [6.07, 6.45) is 3.77. The molecule has 19 heavy (non-hydrogen) atoms. The molecule has 2 rings (SSSR count). The number of amides is 1. The van der Waals surface area contributed by atoms with Crippen LogP contribution in [0.25, 0.3) is 0 Å². The minimum Gasteiger partial charge on any atom is -0.444 e. The van der Waals surface area contributed by atoms with Crippen molar-refractivity contribution >= 4 is 6.09 Å². The Morgan fingerprint density at radius 3 is 2.68 bits per heavy atom. The van der Waals surface area contributed by atoms with Crippen LogP contribution in [-0.4, -0.2) is 32.9 Å². The number of carbonyl (C=O) groups excluding carboxylic acids is 1. The van der Waals surface area contributed by atoms with E-state index in [4.69, 9.17) is 4.74 Å². The molecule has 0 saturated carbocycles. The van der Waals surface area contributed by atoms with E-state index in [0.717, 1.165) is 30.6 Å². The maximum absolute atomic E-state index is 12.2. The van der Waals surface area contributed by atoms with Crippen LogP contribution in [0.3, 0.4) is 0 Å². The lowest BCUT2D eigenvalue weighted by Gasteiger charge is -2.28. The molecule has 0 bridgehead atoms. The second-order valence-corrected chi connectivity index (χ2v) is 6.18. The Balaban J connectivity index is 2.17. The molecule has 1 saturated heterocycles. The van der Waals surface area contributed by atoms with Crippen molar-refractivity contribution in [2.45, 2.75) is 52.2 Å². The summed E-state index contributed by atoms with van der Waals surface area (Å²) in [6.45, 7) is 8.43. The zero-order valence-electron chi connectivity index (χ0n) is 12.4. The fraction of sp³-hybridized carbons (Fsp3) is 0.714. The third-order valence-corrected chi connectivity index (χ3v) is 3.29. The van der Waals surface area contributed by atoms with Gasteiger partial charge in [0.2, 0.25) is 0 Å². The fourth-order valence-corrected chi connectivity index (χ4v) is 2.57. The largest absolute Gasteiger partial charge is 0.444 e. The van der Waals surface area contributed by atoms with Gasteiger partial charge in [0, 0.05) is 25.4 Å². The summed E-state index contributed by atoms with van der Waals surface area (Å²) in [7, 11) is 1.91. The first-order valence-corrected chi connectivity index (χ1v) is 6.78. The Labute approximate surface area is 114 Å². The van der Waals surface area contributed by atoms with Crippen molar-refractivity contribution in [2.75, 3.05) is 6.54 Å². The summed E-state index contributed by atoms with van der Waals surface area (Å²) < 4.78 is 7.28. The molecule has 0 N–H and O–H groups in total. The Morgan fingerprint density at radius 2 is 2.16 bits per heavy atom. The summed E-state index contributed by atoms with van der Waals surface area (Å²) in [4.78, 5) is 14.1. The average Bonchev–Trinajstić information content (AvgIpc) is 2.81. The summed E-state index contributed by atoms with van der Waals surface area (Å²) in [5, 5.41) is 4.36. The fourth-order valence-electron chi connectivity index (χ4n) is 2.57. The van der Waals surface area contributed by atoms with Gasteiger partial charge in [0.05, 0.1) is 11.7 Å². The first kappa shape index (κ1) is 13.9. The molecule has 5 nitrogen and oxygen atoms in total. The lowest BCUT2D eigenvalue weighted by molar-refractivity contribution is 0.0224. The van der Waals surface area contributed by atoms with Gasteiger partial charge in [0.25, 0.3) is 0 Å². The SMILES string of the molecule is Cc1nn(C)cc1[C@H]1CCCN1C(=O)OC(C)(C)C. The molecule has 5 heteroatoms. The van der Waals surface area contributed by atoms with Crippen LogP contribution >= 0.6 is 0 Å². The molecule has 1 aliphatic rings. The summed E-state index contributed by atoms with van der Waals surface area (Å²) >= 11 is 0. The maximum atomic E-state index is 12.2. The highest BCUT2D eigenvalue weighted by Crippen LogP contribution is 2.34. The van der Waals surface area contributed by atoms with E-state index in [0.29, 0.717) is 0 Å². The van der Waals surface area contributed by atoms with Gasteiger partial charge in [-0.3, -0.25) is 4.68 Å². The van der Waals surface area contributed by atoms with E-state index in [9.17, 15) is 4.79 Å². The maximum Gasteiger partial charge on any atom is 0.410 e. The Kier molecular flexibility index (Phi) is 3.56. The zero-order valence-corrected chi connectivity index (χ0v) is 12.4. The molecular weight excluding hydrogens is 242 g/mol. The number of rotatable bonds is 1. The minimum atomic E-state index is -0.450. The van der Waals surface area contributed by atoms with Crippen molar-refractivity contribution in [3.05, 3.63) is 17.5 Å². The van der Waals surface area contributed by atoms with Gasteiger partial charge in [0.15, 0.2) is 0 Å².